The van der Waals surface area contributed by atoms with Crippen molar-refractivity contribution in [2.45, 2.75) is 40.8 Å². The van der Waals surface area contributed by atoms with Gasteiger partial charge in [-0.05, 0) is 67.6 Å². The van der Waals surface area contributed by atoms with Crippen LogP contribution in [0, 0.1) is 27.7 Å². The highest BCUT2D eigenvalue weighted by Crippen LogP contribution is 2.34. The first kappa shape index (κ1) is 21.7. The minimum atomic E-state index is -0.324. The number of rotatable bonds is 6. The zero-order valence-electron chi connectivity index (χ0n) is 19.5. The van der Waals surface area contributed by atoms with Crippen LogP contribution >= 0.6 is 0 Å². The Kier molecular flexibility index (Phi) is 6.04. The predicted octanol–water partition coefficient (Wildman–Crippen LogP) is 6.32. The van der Waals surface area contributed by atoms with Gasteiger partial charge in [0.15, 0.2) is 0 Å². The summed E-state index contributed by atoms with van der Waals surface area (Å²) in [6, 6.07) is 20.7. The second-order valence-electron chi connectivity index (χ2n) is 8.42. The van der Waals surface area contributed by atoms with Gasteiger partial charge < -0.3 is 14.6 Å². The van der Waals surface area contributed by atoms with Crippen LogP contribution in [0.3, 0.4) is 0 Å². The predicted molar refractivity (Wildman–Crippen MR) is 132 cm³/mol. The Morgan fingerprint density at radius 2 is 1.62 bits per heavy atom. The summed E-state index contributed by atoms with van der Waals surface area (Å²) < 4.78 is 7.38. The van der Waals surface area contributed by atoms with E-state index in [1.807, 2.05) is 18.2 Å². The number of aromatic nitrogens is 1. The van der Waals surface area contributed by atoms with Crippen molar-refractivity contribution in [3.8, 4) is 0 Å². The molecule has 1 aromatic heterocycles. The van der Waals surface area contributed by atoms with Gasteiger partial charge in [0.1, 0.15) is 0 Å². The van der Waals surface area contributed by atoms with Gasteiger partial charge in [0.05, 0.1) is 23.9 Å². The van der Waals surface area contributed by atoms with E-state index >= 15 is 0 Å². The van der Waals surface area contributed by atoms with Crippen molar-refractivity contribution in [3.05, 3.63) is 99.7 Å². The molecule has 0 amide bonds. The fraction of sp³-hybridized carbons (Fsp3) is 0.250. The van der Waals surface area contributed by atoms with Gasteiger partial charge >= 0.3 is 5.97 Å². The Labute approximate surface area is 189 Å². The lowest BCUT2D eigenvalue weighted by atomic mass is 10.0. The van der Waals surface area contributed by atoms with E-state index in [0.29, 0.717) is 12.1 Å². The number of carbonyl (C=O) groups is 1. The second-order valence-corrected chi connectivity index (χ2v) is 8.42. The summed E-state index contributed by atoms with van der Waals surface area (Å²) in [7, 11) is 1.43. The van der Waals surface area contributed by atoms with Gasteiger partial charge in [-0.2, -0.15) is 0 Å². The number of methoxy groups -OCH3 is 1. The molecule has 0 spiro atoms. The van der Waals surface area contributed by atoms with Crippen LogP contribution in [-0.2, 0) is 17.8 Å². The van der Waals surface area contributed by atoms with Gasteiger partial charge in [-0.15, -0.1) is 0 Å². The fourth-order valence-corrected chi connectivity index (χ4v) is 4.42. The Balaban J connectivity index is 1.86. The molecule has 164 valence electrons. The van der Waals surface area contributed by atoms with Crippen LogP contribution in [0.15, 0.2) is 60.7 Å². The molecule has 0 bridgehead atoms. The van der Waals surface area contributed by atoms with E-state index < -0.39 is 0 Å². The molecule has 1 N–H and O–H groups in total. The Morgan fingerprint density at radius 1 is 0.938 bits per heavy atom. The summed E-state index contributed by atoms with van der Waals surface area (Å²) in [5.41, 5.74) is 10.0. The number of ether oxygens (including phenoxy) is 1. The summed E-state index contributed by atoms with van der Waals surface area (Å²) in [6.45, 7) is 9.99. The molecule has 0 saturated carbocycles. The number of fused-ring (bicyclic) bond motifs is 1. The molecule has 32 heavy (non-hydrogen) atoms. The van der Waals surface area contributed by atoms with Crippen molar-refractivity contribution in [1.29, 1.82) is 0 Å². The molecule has 0 atom stereocenters. The van der Waals surface area contributed by atoms with Gasteiger partial charge in [-0.3, -0.25) is 0 Å². The number of nitrogens with zero attached hydrogens (tertiary/aromatic N) is 1. The average Bonchev–Trinajstić information content (AvgIpc) is 3.03. The summed E-state index contributed by atoms with van der Waals surface area (Å²) in [5, 5.41) is 4.72. The molecule has 1 heterocycles. The molecule has 4 nitrogen and oxygen atoms in total. The number of esters is 1. The maximum absolute atomic E-state index is 12.4. The summed E-state index contributed by atoms with van der Waals surface area (Å²) >= 11 is 0. The molecule has 4 heteroatoms. The minimum Gasteiger partial charge on any atom is -0.465 e. The standard InChI is InChI=1S/C28H30N2O2/c1-18-10-9-11-19(2)25(18)16-29-26-15-23(28(31)32-5)14-24-20(3)21(4)30(27(24)26)17-22-12-7-6-8-13-22/h6-15,29H,16-17H2,1-5H3. The molecule has 0 radical (unpaired) electrons. The molecule has 0 aliphatic rings. The topological polar surface area (TPSA) is 43.3 Å². The van der Waals surface area contributed by atoms with Crippen LogP contribution in [0.25, 0.3) is 10.9 Å². The third-order valence-electron chi connectivity index (χ3n) is 6.44. The number of aryl methyl sites for hydroxylation is 3. The van der Waals surface area contributed by atoms with Gasteiger partial charge in [-0.1, -0.05) is 48.5 Å². The molecule has 0 saturated heterocycles. The quantitative estimate of drug-likeness (QED) is 0.367. The highest BCUT2D eigenvalue weighted by atomic mass is 16.5. The molecular weight excluding hydrogens is 396 g/mol. The fourth-order valence-electron chi connectivity index (χ4n) is 4.42. The van der Waals surface area contributed by atoms with E-state index in [1.165, 1.54) is 40.6 Å². The van der Waals surface area contributed by atoms with Crippen molar-refractivity contribution >= 4 is 22.6 Å². The van der Waals surface area contributed by atoms with Crippen molar-refractivity contribution in [2.75, 3.05) is 12.4 Å². The maximum atomic E-state index is 12.4. The number of nitrogens with one attached hydrogen (secondary N) is 1. The smallest absolute Gasteiger partial charge is 0.337 e. The summed E-state index contributed by atoms with van der Waals surface area (Å²) in [4.78, 5) is 12.4. The van der Waals surface area contributed by atoms with Gasteiger partial charge in [0.2, 0.25) is 0 Å². The Hall–Kier alpha value is -3.53. The molecule has 4 rings (SSSR count). The molecule has 4 aromatic rings. The van der Waals surface area contributed by atoms with E-state index in [1.54, 1.807) is 0 Å². The van der Waals surface area contributed by atoms with E-state index in [0.717, 1.165) is 23.1 Å². The molecule has 0 aliphatic carbocycles. The van der Waals surface area contributed by atoms with Crippen molar-refractivity contribution in [2.24, 2.45) is 0 Å². The first-order valence-corrected chi connectivity index (χ1v) is 10.9. The largest absolute Gasteiger partial charge is 0.465 e. The lowest BCUT2D eigenvalue weighted by Gasteiger charge is -2.16. The van der Waals surface area contributed by atoms with Crippen LogP contribution < -0.4 is 5.32 Å². The zero-order valence-corrected chi connectivity index (χ0v) is 19.5. The van der Waals surface area contributed by atoms with Crippen molar-refractivity contribution in [1.82, 2.24) is 4.57 Å². The maximum Gasteiger partial charge on any atom is 0.337 e. The number of benzene rings is 3. The van der Waals surface area contributed by atoms with Crippen molar-refractivity contribution < 1.29 is 9.53 Å². The van der Waals surface area contributed by atoms with E-state index in [4.69, 9.17) is 4.74 Å². The van der Waals surface area contributed by atoms with Crippen LogP contribution in [0.5, 0.6) is 0 Å². The Bertz CT molecular complexity index is 1270. The minimum absolute atomic E-state index is 0.324. The third kappa shape index (κ3) is 4.01. The molecule has 0 fully saturated rings. The van der Waals surface area contributed by atoms with Crippen molar-refractivity contribution in [3.63, 3.8) is 0 Å². The Morgan fingerprint density at radius 3 is 2.28 bits per heavy atom. The lowest BCUT2D eigenvalue weighted by molar-refractivity contribution is 0.0601. The van der Waals surface area contributed by atoms with E-state index in [-0.39, 0.29) is 5.97 Å². The molecule has 0 aliphatic heterocycles. The average molecular weight is 427 g/mol. The summed E-state index contributed by atoms with van der Waals surface area (Å²) in [5.74, 6) is -0.324. The highest BCUT2D eigenvalue weighted by Gasteiger charge is 2.19. The normalized spacial score (nSPS) is 11.0. The monoisotopic (exact) mass is 426 g/mol. The number of hydrogen-bond donors (Lipinski definition) is 1. The number of anilines is 1. The highest BCUT2D eigenvalue weighted by molar-refractivity contribution is 6.02. The van der Waals surface area contributed by atoms with Crippen LogP contribution in [-0.4, -0.2) is 17.6 Å². The first-order valence-electron chi connectivity index (χ1n) is 10.9. The van der Waals surface area contributed by atoms with E-state index in [9.17, 15) is 4.79 Å². The second kappa shape index (κ2) is 8.91. The molecule has 3 aromatic carbocycles. The molecule has 0 unspecified atom stereocenters. The molecular formula is C28H30N2O2. The number of carbonyl (C=O) groups excluding carboxylic acids is 1. The third-order valence-corrected chi connectivity index (χ3v) is 6.44. The SMILES string of the molecule is COC(=O)c1cc(NCc2c(C)cccc2C)c2c(c1)c(C)c(C)n2Cc1ccccc1. The number of hydrogen-bond acceptors (Lipinski definition) is 3. The van der Waals surface area contributed by atoms with E-state index in [2.05, 4.69) is 80.0 Å². The van der Waals surface area contributed by atoms with Gasteiger partial charge in [0.25, 0.3) is 0 Å². The zero-order chi connectivity index (χ0) is 22.8. The first-order chi connectivity index (χ1) is 15.4. The van der Waals surface area contributed by atoms with Crippen LogP contribution in [0.1, 0.15) is 43.9 Å². The van der Waals surface area contributed by atoms with Crippen LogP contribution in [0.4, 0.5) is 5.69 Å². The van der Waals surface area contributed by atoms with Crippen LogP contribution in [0.2, 0.25) is 0 Å². The summed E-state index contributed by atoms with van der Waals surface area (Å²) in [6.07, 6.45) is 0. The van der Waals surface area contributed by atoms with Gasteiger partial charge in [0, 0.05) is 24.2 Å². The lowest BCUT2D eigenvalue weighted by Crippen LogP contribution is -2.09. The van der Waals surface area contributed by atoms with Gasteiger partial charge in [-0.25, -0.2) is 4.79 Å².